The lowest BCUT2D eigenvalue weighted by Crippen LogP contribution is -2.44. The molecule has 0 fully saturated rings. The van der Waals surface area contributed by atoms with Crippen molar-refractivity contribution in [2.75, 3.05) is 47.5 Å². The molecule has 0 N–H and O–H groups in total. The van der Waals surface area contributed by atoms with Crippen LogP contribution in [-0.4, -0.2) is 82.3 Å². The summed E-state index contributed by atoms with van der Waals surface area (Å²) in [6.45, 7) is 4.62. The van der Waals surface area contributed by atoms with Crippen molar-refractivity contribution in [3.05, 3.63) is 109 Å². The summed E-state index contributed by atoms with van der Waals surface area (Å²) in [6, 6.07) is 0. The Balaban J connectivity index is 4.21. The highest BCUT2D eigenvalue weighted by atomic mass is 16.7. The van der Waals surface area contributed by atoms with Gasteiger partial charge in [0.1, 0.15) is 13.2 Å². The van der Waals surface area contributed by atoms with E-state index in [1.165, 1.54) is 154 Å². The predicted molar refractivity (Wildman–Crippen MR) is 352 cm³/mol. The van der Waals surface area contributed by atoms with Crippen LogP contribution in [0.4, 0.5) is 0 Å². The maximum absolute atomic E-state index is 12.9. The molecular weight excluding hydrogens is 1030 g/mol. The second kappa shape index (κ2) is 64.0. The van der Waals surface area contributed by atoms with Gasteiger partial charge in [-0.1, -0.05) is 277 Å². The van der Waals surface area contributed by atoms with Gasteiger partial charge in [0.25, 0.3) is 0 Å². The van der Waals surface area contributed by atoms with Crippen LogP contribution >= 0.6 is 0 Å². The Morgan fingerprint density at radius 3 is 1.04 bits per heavy atom. The molecule has 0 aromatic carbocycles. The number of hydrogen-bond donors (Lipinski definition) is 0. The number of likely N-dealkylation sites (N-methyl/N-ethyl adjacent to an activating group) is 1. The zero-order valence-electron chi connectivity index (χ0n) is 54.3. The van der Waals surface area contributed by atoms with Crippen molar-refractivity contribution < 1.29 is 42.9 Å². The Hall–Kier alpha value is -4.05. The average molecular weight is 1160 g/mol. The fourth-order valence-corrected chi connectivity index (χ4v) is 9.31. The van der Waals surface area contributed by atoms with Crippen molar-refractivity contribution >= 4 is 17.9 Å². The van der Waals surface area contributed by atoms with Crippen molar-refractivity contribution in [1.82, 2.24) is 0 Å². The number of allylic oxidation sites excluding steroid dienone is 18. The zero-order valence-corrected chi connectivity index (χ0v) is 54.3. The molecule has 0 aliphatic carbocycles. The van der Waals surface area contributed by atoms with E-state index in [1.54, 1.807) is 0 Å². The van der Waals surface area contributed by atoms with E-state index in [1.807, 2.05) is 21.1 Å². The molecule has 2 atom stereocenters. The molecule has 0 spiro atoms. The van der Waals surface area contributed by atoms with Crippen LogP contribution in [0.1, 0.15) is 284 Å². The predicted octanol–water partition coefficient (Wildman–Crippen LogP) is 19.7. The fraction of sp³-hybridized carbons (Fsp3) is 0.716. The third-order valence-corrected chi connectivity index (χ3v) is 14.5. The SMILES string of the molecule is CC/C=C\C/C=C\C/C=C\C/C=C\C/C=C\C/C=C\C/C=C\C/C=C\CCCCCCC(=O)OC(COC(=O)CCCCCCCCCCCCCCCCCCC/C=C\CCCCCCCCCC)COC(OCC[N+](C)(C)C)C(=O)[O-]. The molecule has 0 rings (SSSR count). The Labute approximate surface area is 511 Å². The third-order valence-electron chi connectivity index (χ3n) is 14.5. The molecule has 0 bridgehead atoms. The molecule has 9 heteroatoms. The van der Waals surface area contributed by atoms with E-state index in [4.69, 9.17) is 18.9 Å². The lowest BCUT2D eigenvalue weighted by Gasteiger charge is -2.26. The van der Waals surface area contributed by atoms with E-state index in [0.717, 1.165) is 96.3 Å². The van der Waals surface area contributed by atoms with Crippen LogP contribution in [0.5, 0.6) is 0 Å². The molecule has 0 amide bonds. The maximum Gasteiger partial charge on any atom is 0.306 e. The molecule has 9 nitrogen and oxygen atoms in total. The molecule has 0 heterocycles. The van der Waals surface area contributed by atoms with Gasteiger partial charge in [0.2, 0.25) is 0 Å². The van der Waals surface area contributed by atoms with E-state index in [0.29, 0.717) is 17.4 Å². The molecule has 0 aliphatic rings. The number of unbranched alkanes of at least 4 members (excludes halogenated alkanes) is 29. The Kier molecular flexibility index (Phi) is 60.8. The molecule has 476 valence electrons. The molecule has 0 aromatic heterocycles. The molecule has 0 aliphatic heterocycles. The van der Waals surface area contributed by atoms with Gasteiger partial charge in [0, 0.05) is 12.8 Å². The number of carboxylic acids is 1. The van der Waals surface area contributed by atoms with Crippen LogP contribution in [0.15, 0.2) is 109 Å². The lowest BCUT2D eigenvalue weighted by atomic mass is 10.0. The van der Waals surface area contributed by atoms with Crippen LogP contribution in [0.2, 0.25) is 0 Å². The summed E-state index contributed by atoms with van der Waals surface area (Å²) in [5.41, 5.74) is 0. The van der Waals surface area contributed by atoms with Gasteiger partial charge in [0.15, 0.2) is 12.4 Å². The van der Waals surface area contributed by atoms with E-state index < -0.39 is 24.3 Å². The second-order valence-electron chi connectivity index (χ2n) is 23.7. The first-order valence-electron chi connectivity index (χ1n) is 34.0. The van der Waals surface area contributed by atoms with Crippen molar-refractivity contribution in [3.8, 4) is 0 Å². The number of aliphatic carboxylic acids is 1. The number of carbonyl (C=O) groups is 3. The first kappa shape index (κ1) is 79.0. The first-order chi connectivity index (χ1) is 40.6. The summed E-state index contributed by atoms with van der Waals surface area (Å²) in [5, 5.41) is 11.8. The number of quaternary nitrogens is 1. The average Bonchev–Trinajstić information content (AvgIpc) is 3.46. The van der Waals surface area contributed by atoms with E-state index in [9.17, 15) is 19.5 Å². The van der Waals surface area contributed by atoms with Gasteiger partial charge in [-0.2, -0.15) is 0 Å². The maximum atomic E-state index is 12.9. The second-order valence-corrected chi connectivity index (χ2v) is 23.7. The van der Waals surface area contributed by atoms with Crippen LogP contribution < -0.4 is 5.11 Å². The van der Waals surface area contributed by atoms with Gasteiger partial charge < -0.3 is 33.3 Å². The summed E-state index contributed by atoms with van der Waals surface area (Å²) in [7, 11) is 5.92. The highest BCUT2D eigenvalue weighted by molar-refractivity contribution is 5.70. The molecule has 83 heavy (non-hydrogen) atoms. The third kappa shape index (κ3) is 65.3. The summed E-state index contributed by atoms with van der Waals surface area (Å²) >= 11 is 0. The number of nitrogens with zero attached hydrogens (tertiary/aromatic N) is 1. The largest absolute Gasteiger partial charge is 0.545 e. The molecule has 0 aromatic rings. The quantitative estimate of drug-likeness (QED) is 0.0195. The van der Waals surface area contributed by atoms with Crippen molar-refractivity contribution in [1.29, 1.82) is 0 Å². The van der Waals surface area contributed by atoms with E-state index in [-0.39, 0.29) is 38.6 Å². The lowest BCUT2D eigenvalue weighted by molar-refractivity contribution is -0.870. The van der Waals surface area contributed by atoms with Crippen LogP contribution in [0.25, 0.3) is 0 Å². The van der Waals surface area contributed by atoms with E-state index in [2.05, 4.69) is 123 Å². The minimum atomic E-state index is -1.64. The minimum absolute atomic E-state index is 0.138. The van der Waals surface area contributed by atoms with Gasteiger partial charge in [-0.05, 0) is 103 Å². The van der Waals surface area contributed by atoms with Gasteiger partial charge >= 0.3 is 11.9 Å². The summed E-state index contributed by atoms with van der Waals surface area (Å²) in [5.74, 6) is -2.32. The number of carbonyl (C=O) groups excluding carboxylic acids is 3. The Morgan fingerprint density at radius 1 is 0.373 bits per heavy atom. The number of rotatable bonds is 62. The normalized spacial score (nSPS) is 13.4. The standard InChI is InChI=1S/C74H127NO8/c1-6-8-10-12-14-16-18-20-22-24-26-28-30-32-34-36-38-40-42-44-46-48-50-52-54-56-58-60-62-64-71(76)81-68-70(69-82-74(73(78)79)80-67-66-75(3,4)5)83-72(77)65-63-61-59-57-55-53-51-49-47-45-43-41-39-37-35-33-31-29-27-25-23-21-19-17-15-13-11-9-7-2/h9,11,15,17,21,23-24,26-27,29,33,35,39,41,45,47,51,53,70,74H,6-8,10,12-14,16,18-20,22,25,28,30-32,34,36-38,40,42-44,46,48-50,52,54-69H2,1-5H3/b11-9-,17-15-,23-21-,26-24-,29-27-,35-33-,41-39-,47-45-,53-51-. The molecular formula is C74H127NO8. The summed E-state index contributed by atoms with van der Waals surface area (Å²) < 4.78 is 22.8. The van der Waals surface area contributed by atoms with Gasteiger partial charge in [-0.15, -0.1) is 0 Å². The monoisotopic (exact) mass is 1160 g/mol. The number of hydrogen-bond acceptors (Lipinski definition) is 8. The smallest absolute Gasteiger partial charge is 0.306 e. The van der Waals surface area contributed by atoms with Crippen molar-refractivity contribution in [2.45, 2.75) is 296 Å². The highest BCUT2D eigenvalue weighted by Gasteiger charge is 2.22. The molecule has 0 saturated carbocycles. The highest BCUT2D eigenvalue weighted by Crippen LogP contribution is 2.17. The van der Waals surface area contributed by atoms with E-state index >= 15 is 0 Å². The summed E-state index contributed by atoms with van der Waals surface area (Å²) in [4.78, 5) is 37.5. The fourth-order valence-electron chi connectivity index (χ4n) is 9.31. The number of ether oxygens (including phenoxy) is 4. The van der Waals surface area contributed by atoms with Gasteiger partial charge in [0.05, 0.1) is 40.3 Å². The van der Waals surface area contributed by atoms with Gasteiger partial charge in [-0.3, -0.25) is 9.59 Å². The van der Waals surface area contributed by atoms with Gasteiger partial charge in [-0.25, -0.2) is 0 Å². The summed E-state index contributed by atoms with van der Waals surface area (Å²) in [6.07, 6.45) is 85.9. The van der Waals surface area contributed by atoms with Crippen molar-refractivity contribution in [3.63, 3.8) is 0 Å². The molecule has 0 radical (unpaired) electrons. The first-order valence-corrected chi connectivity index (χ1v) is 34.0. The zero-order chi connectivity index (χ0) is 60.5. The number of esters is 2. The van der Waals surface area contributed by atoms with Crippen LogP contribution in [0.3, 0.4) is 0 Å². The molecule has 2 unspecified atom stereocenters. The molecule has 0 saturated heterocycles. The van der Waals surface area contributed by atoms with Crippen LogP contribution in [-0.2, 0) is 33.3 Å². The Bertz CT molecular complexity index is 1730. The van der Waals surface area contributed by atoms with Crippen molar-refractivity contribution in [2.24, 2.45) is 0 Å². The minimum Gasteiger partial charge on any atom is -0.545 e. The topological polar surface area (TPSA) is 111 Å². The number of carboxylic acid groups (broad SMARTS) is 1. The Morgan fingerprint density at radius 2 is 0.687 bits per heavy atom. The van der Waals surface area contributed by atoms with Crippen LogP contribution in [0, 0.1) is 0 Å².